The van der Waals surface area contributed by atoms with Gasteiger partial charge in [0.1, 0.15) is 0 Å². The van der Waals surface area contributed by atoms with E-state index in [1.54, 1.807) is 0 Å². The molecule has 2 nitrogen and oxygen atoms in total. The maximum Gasteiger partial charge on any atom is 0.0511 e. The first-order chi connectivity index (χ1) is 8.61. The molecule has 2 rings (SSSR count). The summed E-state index contributed by atoms with van der Waals surface area (Å²) in [4.78, 5) is 2.50. The Bertz CT molecular complexity index is 405. The Hall–Kier alpha value is -0.540. The van der Waals surface area contributed by atoms with Gasteiger partial charge in [-0.05, 0) is 46.5 Å². The minimum absolute atomic E-state index is 0.608. The first-order valence-corrected chi connectivity index (χ1v) is 7.65. The molecule has 2 unspecified atom stereocenters. The van der Waals surface area contributed by atoms with Gasteiger partial charge in [0.2, 0.25) is 0 Å². The van der Waals surface area contributed by atoms with Crippen molar-refractivity contribution in [2.45, 2.75) is 33.2 Å². The Balaban J connectivity index is 2.13. The minimum Gasteiger partial charge on any atom is -0.368 e. The van der Waals surface area contributed by atoms with Crippen LogP contribution in [0.4, 0.5) is 5.69 Å². The van der Waals surface area contributed by atoms with E-state index >= 15 is 0 Å². The van der Waals surface area contributed by atoms with E-state index in [4.69, 9.17) is 0 Å². The summed E-state index contributed by atoms with van der Waals surface area (Å²) in [5, 5.41) is 3.64. The second-order valence-electron chi connectivity index (χ2n) is 5.35. The van der Waals surface area contributed by atoms with Crippen LogP contribution in [0, 0.1) is 12.8 Å². The van der Waals surface area contributed by atoms with Gasteiger partial charge in [-0.15, -0.1) is 0 Å². The molecule has 1 aliphatic rings. The van der Waals surface area contributed by atoms with Crippen LogP contribution in [0.3, 0.4) is 0 Å². The van der Waals surface area contributed by atoms with Gasteiger partial charge in [-0.25, -0.2) is 0 Å². The lowest BCUT2D eigenvalue weighted by Gasteiger charge is -2.38. The zero-order valence-electron chi connectivity index (χ0n) is 11.5. The summed E-state index contributed by atoms with van der Waals surface area (Å²) in [5.41, 5.74) is 2.63. The predicted molar refractivity (Wildman–Crippen MR) is 82.3 cm³/mol. The Morgan fingerprint density at radius 3 is 2.94 bits per heavy atom. The van der Waals surface area contributed by atoms with Gasteiger partial charge in [0, 0.05) is 30.1 Å². The lowest BCUT2D eigenvalue weighted by atomic mass is 9.97. The first kappa shape index (κ1) is 13.9. The molecule has 1 saturated heterocycles. The highest BCUT2D eigenvalue weighted by Crippen LogP contribution is 2.28. The summed E-state index contributed by atoms with van der Waals surface area (Å²) in [7, 11) is 0. The van der Waals surface area contributed by atoms with E-state index < -0.39 is 0 Å². The van der Waals surface area contributed by atoms with E-state index in [2.05, 4.69) is 65.1 Å². The fourth-order valence-electron chi connectivity index (χ4n) is 2.53. The van der Waals surface area contributed by atoms with Crippen LogP contribution in [0.15, 0.2) is 22.7 Å². The van der Waals surface area contributed by atoms with E-state index in [1.807, 2.05) is 0 Å². The van der Waals surface area contributed by atoms with Gasteiger partial charge in [-0.3, -0.25) is 0 Å². The molecule has 0 bridgehead atoms. The first-order valence-electron chi connectivity index (χ1n) is 6.86. The highest BCUT2D eigenvalue weighted by Gasteiger charge is 2.24. The molecule has 1 N–H and O–H groups in total. The predicted octanol–water partition coefficient (Wildman–Crippen LogP) is 3.58. The number of nitrogens with zero attached hydrogens (tertiary/aromatic N) is 1. The van der Waals surface area contributed by atoms with Crippen molar-refractivity contribution >= 4 is 21.6 Å². The highest BCUT2D eigenvalue weighted by atomic mass is 79.9. The van der Waals surface area contributed by atoms with Gasteiger partial charge in [-0.1, -0.05) is 26.3 Å². The van der Waals surface area contributed by atoms with Gasteiger partial charge in [0.05, 0.1) is 5.69 Å². The molecule has 0 spiro atoms. The quantitative estimate of drug-likeness (QED) is 0.918. The number of aryl methyl sites for hydroxylation is 1. The third-order valence-corrected chi connectivity index (χ3v) is 4.62. The Labute approximate surface area is 119 Å². The van der Waals surface area contributed by atoms with Crippen molar-refractivity contribution in [2.24, 2.45) is 5.92 Å². The van der Waals surface area contributed by atoms with Crippen molar-refractivity contribution in [3.8, 4) is 0 Å². The molecule has 1 aliphatic heterocycles. The number of anilines is 1. The fraction of sp³-hybridized carbons (Fsp3) is 0.600. The number of nitrogens with one attached hydrogen (secondary N) is 1. The molecule has 0 aliphatic carbocycles. The van der Waals surface area contributed by atoms with Gasteiger partial charge < -0.3 is 10.2 Å². The van der Waals surface area contributed by atoms with Crippen LogP contribution in [-0.2, 0) is 0 Å². The normalized spacial score (nSPS) is 22.0. The fourth-order valence-corrected chi connectivity index (χ4v) is 3.28. The Morgan fingerprint density at radius 1 is 1.50 bits per heavy atom. The van der Waals surface area contributed by atoms with E-state index in [9.17, 15) is 0 Å². The number of hydrogen-bond acceptors (Lipinski definition) is 2. The van der Waals surface area contributed by atoms with Crippen molar-refractivity contribution in [2.75, 3.05) is 24.5 Å². The summed E-state index contributed by atoms with van der Waals surface area (Å²) < 4.78 is 1.22. The average Bonchev–Trinajstić information content (AvgIpc) is 2.38. The number of hydrogen-bond donors (Lipinski definition) is 1. The second kappa shape index (κ2) is 6.07. The van der Waals surface area contributed by atoms with Crippen LogP contribution in [0.2, 0.25) is 0 Å². The maximum atomic E-state index is 3.69. The molecule has 1 heterocycles. The third-order valence-electron chi connectivity index (χ3n) is 3.98. The summed E-state index contributed by atoms with van der Waals surface area (Å²) in [5.74, 6) is 0.733. The molecule has 1 fully saturated rings. The molecular weight excluding hydrogens is 288 g/mol. The van der Waals surface area contributed by atoms with Gasteiger partial charge in [0.15, 0.2) is 0 Å². The second-order valence-corrected chi connectivity index (χ2v) is 6.20. The maximum absolute atomic E-state index is 3.69. The molecule has 0 aromatic heterocycles. The Kier molecular flexibility index (Phi) is 4.68. The number of piperazine rings is 1. The van der Waals surface area contributed by atoms with E-state index in [-0.39, 0.29) is 0 Å². The number of benzene rings is 1. The summed E-state index contributed by atoms with van der Waals surface area (Å²) in [6, 6.07) is 7.24. The van der Waals surface area contributed by atoms with Crippen molar-refractivity contribution in [3.63, 3.8) is 0 Å². The Morgan fingerprint density at radius 2 is 2.28 bits per heavy atom. The highest BCUT2D eigenvalue weighted by molar-refractivity contribution is 9.10. The monoisotopic (exact) mass is 310 g/mol. The minimum atomic E-state index is 0.608. The molecule has 1 aromatic rings. The molecule has 1 aromatic carbocycles. The molecule has 2 atom stereocenters. The summed E-state index contributed by atoms with van der Waals surface area (Å²) in [6.45, 7) is 10.0. The standard InChI is InChI=1S/C15H23BrN2/c1-4-12(3)14-10-18(8-7-17-14)15-6-5-11(2)9-13(15)16/h5-6,9,12,14,17H,4,7-8,10H2,1-3H3. The van der Waals surface area contributed by atoms with Crippen LogP contribution in [0.5, 0.6) is 0 Å². The summed E-state index contributed by atoms with van der Waals surface area (Å²) >= 11 is 3.69. The van der Waals surface area contributed by atoms with E-state index in [1.165, 1.54) is 22.1 Å². The van der Waals surface area contributed by atoms with Crippen molar-refractivity contribution < 1.29 is 0 Å². The smallest absolute Gasteiger partial charge is 0.0511 e. The molecule has 18 heavy (non-hydrogen) atoms. The number of rotatable bonds is 3. The SMILES string of the molecule is CCC(C)C1CN(c2ccc(C)cc2Br)CCN1. The molecule has 0 radical (unpaired) electrons. The lowest BCUT2D eigenvalue weighted by Crippen LogP contribution is -2.53. The molecule has 3 heteroatoms. The van der Waals surface area contributed by atoms with E-state index in [0.717, 1.165) is 25.6 Å². The molecule has 0 saturated carbocycles. The van der Waals surface area contributed by atoms with Gasteiger partial charge >= 0.3 is 0 Å². The van der Waals surface area contributed by atoms with Gasteiger partial charge in [0.25, 0.3) is 0 Å². The average molecular weight is 311 g/mol. The van der Waals surface area contributed by atoms with Crippen LogP contribution < -0.4 is 10.2 Å². The zero-order chi connectivity index (χ0) is 13.1. The van der Waals surface area contributed by atoms with Crippen LogP contribution in [0.1, 0.15) is 25.8 Å². The molecule has 0 amide bonds. The summed E-state index contributed by atoms with van der Waals surface area (Å²) in [6.07, 6.45) is 1.24. The van der Waals surface area contributed by atoms with Gasteiger partial charge in [-0.2, -0.15) is 0 Å². The lowest BCUT2D eigenvalue weighted by molar-refractivity contribution is 0.341. The van der Waals surface area contributed by atoms with Crippen molar-refractivity contribution in [1.82, 2.24) is 5.32 Å². The topological polar surface area (TPSA) is 15.3 Å². The van der Waals surface area contributed by atoms with Crippen LogP contribution in [-0.4, -0.2) is 25.7 Å². The van der Waals surface area contributed by atoms with Crippen molar-refractivity contribution in [3.05, 3.63) is 28.2 Å². The van der Waals surface area contributed by atoms with Crippen LogP contribution >= 0.6 is 15.9 Å². The molecular formula is C15H23BrN2. The molecule has 100 valence electrons. The van der Waals surface area contributed by atoms with Crippen LogP contribution in [0.25, 0.3) is 0 Å². The number of halogens is 1. The van der Waals surface area contributed by atoms with Crippen molar-refractivity contribution in [1.29, 1.82) is 0 Å². The van der Waals surface area contributed by atoms with E-state index in [0.29, 0.717) is 6.04 Å². The third kappa shape index (κ3) is 3.07. The zero-order valence-corrected chi connectivity index (χ0v) is 13.1. The largest absolute Gasteiger partial charge is 0.368 e.